The smallest absolute Gasteiger partial charge is 0.259 e. The largest absolute Gasteiger partial charge is 0.457 e. The van der Waals surface area contributed by atoms with E-state index < -0.39 is 23.6 Å². The number of nitrogens with zero attached hydrogens (tertiary/aromatic N) is 2. The SMILES string of the molecule is C=CCN(C(=O)c1ccc(Oc2ccc(C(=O)N(CC=C)c3ccc4c(c3)C(=O)NC4=O)cc2)cc1)c1ccc2c(c1)C(=O)NC2=O. The van der Waals surface area contributed by atoms with Gasteiger partial charge in [0.15, 0.2) is 0 Å². The van der Waals surface area contributed by atoms with Gasteiger partial charge in [-0.05, 0) is 84.9 Å². The molecule has 0 aliphatic carbocycles. The van der Waals surface area contributed by atoms with Crippen molar-refractivity contribution >= 4 is 46.8 Å². The molecule has 4 aromatic carbocycles. The van der Waals surface area contributed by atoms with Crippen molar-refractivity contribution in [2.75, 3.05) is 22.9 Å². The molecule has 2 N–H and O–H groups in total. The molecular weight excluding hydrogens is 600 g/mol. The molecular formula is C36H26N4O7. The summed E-state index contributed by atoms with van der Waals surface area (Å²) < 4.78 is 5.94. The minimum absolute atomic E-state index is 0.169. The van der Waals surface area contributed by atoms with Crippen LogP contribution in [0.5, 0.6) is 11.5 Å². The summed E-state index contributed by atoms with van der Waals surface area (Å²) in [6, 6.07) is 22.2. The van der Waals surface area contributed by atoms with Crippen molar-refractivity contribution in [3.05, 3.63) is 144 Å². The molecule has 0 bridgehead atoms. The van der Waals surface area contributed by atoms with Crippen LogP contribution >= 0.6 is 0 Å². The predicted octanol–water partition coefficient (Wildman–Crippen LogP) is 4.91. The molecule has 2 heterocycles. The van der Waals surface area contributed by atoms with Crippen LogP contribution in [0.2, 0.25) is 0 Å². The summed E-state index contributed by atoms with van der Waals surface area (Å²) in [4.78, 5) is 77.9. The molecule has 6 amide bonds. The van der Waals surface area contributed by atoms with Crippen molar-refractivity contribution in [2.24, 2.45) is 0 Å². The van der Waals surface area contributed by atoms with Crippen LogP contribution in [0.3, 0.4) is 0 Å². The summed E-state index contributed by atoms with van der Waals surface area (Å²) in [6.45, 7) is 7.80. The maximum absolute atomic E-state index is 13.4. The first-order valence-electron chi connectivity index (χ1n) is 14.4. The molecule has 0 fully saturated rings. The van der Waals surface area contributed by atoms with Gasteiger partial charge in [-0.15, -0.1) is 13.2 Å². The molecule has 11 nitrogen and oxygen atoms in total. The van der Waals surface area contributed by atoms with Crippen LogP contribution in [0.4, 0.5) is 11.4 Å². The van der Waals surface area contributed by atoms with E-state index in [0.29, 0.717) is 34.0 Å². The number of carbonyl (C=O) groups is 6. The lowest BCUT2D eigenvalue weighted by atomic mass is 10.1. The molecule has 0 radical (unpaired) electrons. The lowest BCUT2D eigenvalue weighted by Crippen LogP contribution is -2.31. The maximum atomic E-state index is 13.4. The Hall–Kier alpha value is -6.62. The van der Waals surface area contributed by atoms with E-state index in [9.17, 15) is 28.8 Å². The molecule has 2 aliphatic rings. The zero-order chi connectivity index (χ0) is 33.2. The van der Waals surface area contributed by atoms with E-state index in [1.54, 1.807) is 72.8 Å². The van der Waals surface area contributed by atoms with Gasteiger partial charge in [-0.1, -0.05) is 12.2 Å². The van der Waals surface area contributed by atoms with Gasteiger partial charge < -0.3 is 14.5 Å². The minimum Gasteiger partial charge on any atom is -0.457 e. The van der Waals surface area contributed by atoms with Crippen molar-refractivity contribution in [3.8, 4) is 11.5 Å². The third kappa shape index (κ3) is 5.80. The first-order chi connectivity index (χ1) is 22.7. The van der Waals surface area contributed by atoms with E-state index in [-0.39, 0.29) is 47.2 Å². The monoisotopic (exact) mass is 626 g/mol. The van der Waals surface area contributed by atoms with Gasteiger partial charge in [0.1, 0.15) is 11.5 Å². The van der Waals surface area contributed by atoms with Gasteiger partial charge in [-0.25, -0.2) is 0 Å². The zero-order valence-electron chi connectivity index (χ0n) is 24.8. The highest BCUT2D eigenvalue weighted by atomic mass is 16.5. The fourth-order valence-corrected chi connectivity index (χ4v) is 5.30. The second kappa shape index (κ2) is 12.4. The summed E-state index contributed by atoms with van der Waals surface area (Å²) >= 11 is 0. The Kier molecular flexibility index (Phi) is 8.03. The second-order valence-corrected chi connectivity index (χ2v) is 10.6. The molecule has 0 spiro atoms. The number of anilines is 2. The molecule has 0 saturated carbocycles. The van der Waals surface area contributed by atoms with Crippen LogP contribution in [-0.4, -0.2) is 48.5 Å². The van der Waals surface area contributed by atoms with Crippen molar-refractivity contribution in [2.45, 2.75) is 0 Å². The van der Waals surface area contributed by atoms with Gasteiger partial charge in [-0.3, -0.25) is 39.4 Å². The first kappa shape index (κ1) is 30.4. The molecule has 2 aliphatic heterocycles. The van der Waals surface area contributed by atoms with E-state index in [1.807, 2.05) is 0 Å². The summed E-state index contributed by atoms with van der Waals surface area (Å²) in [5, 5.41) is 4.49. The fourth-order valence-electron chi connectivity index (χ4n) is 5.30. The Balaban J connectivity index is 1.15. The molecule has 0 atom stereocenters. The highest BCUT2D eigenvalue weighted by Crippen LogP contribution is 2.28. The van der Waals surface area contributed by atoms with Crippen LogP contribution < -0.4 is 25.2 Å². The fraction of sp³-hybridized carbons (Fsp3) is 0.0556. The highest BCUT2D eigenvalue weighted by molar-refractivity contribution is 6.23. The Bertz CT molecular complexity index is 1870. The number of hydrogen-bond acceptors (Lipinski definition) is 7. The van der Waals surface area contributed by atoms with Gasteiger partial charge in [0, 0.05) is 35.6 Å². The number of hydrogen-bond donors (Lipinski definition) is 2. The lowest BCUT2D eigenvalue weighted by Gasteiger charge is -2.22. The van der Waals surface area contributed by atoms with Gasteiger partial charge in [-0.2, -0.15) is 0 Å². The number of amides is 6. The number of carbonyl (C=O) groups excluding carboxylic acids is 6. The topological polar surface area (TPSA) is 142 Å². The number of benzene rings is 4. The Labute approximate surface area is 268 Å². The van der Waals surface area contributed by atoms with Gasteiger partial charge >= 0.3 is 0 Å². The van der Waals surface area contributed by atoms with E-state index in [2.05, 4.69) is 23.8 Å². The van der Waals surface area contributed by atoms with E-state index in [1.165, 1.54) is 34.1 Å². The van der Waals surface area contributed by atoms with E-state index in [4.69, 9.17) is 4.74 Å². The summed E-state index contributed by atoms with van der Waals surface area (Å²) in [5.41, 5.74) is 2.52. The number of rotatable bonds is 10. The summed E-state index contributed by atoms with van der Waals surface area (Å²) in [5.74, 6) is -1.78. The standard InChI is InChI=1S/C36H26N4O7/c1-3-17-39(23-9-15-27-29(19-23)33(43)37-31(27)41)35(45)21-5-11-25(12-6-21)47-26-13-7-22(8-14-26)36(46)40(18-4-2)24-10-16-28-30(20-24)34(44)38-32(28)42/h3-16,19-20H,1-2,17-18H2,(H,37,41,43)(H,38,42,44). The molecule has 47 heavy (non-hydrogen) atoms. The van der Waals surface area contributed by atoms with Crippen LogP contribution in [0, 0.1) is 0 Å². The third-order valence-corrected chi connectivity index (χ3v) is 7.61. The third-order valence-electron chi connectivity index (χ3n) is 7.61. The molecule has 0 unspecified atom stereocenters. The average molecular weight is 627 g/mol. The van der Waals surface area contributed by atoms with Crippen LogP contribution in [0.15, 0.2) is 110 Å². The van der Waals surface area contributed by atoms with E-state index in [0.717, 1.165) is 0 Å². The van der Waals surface area contributed by atoms with Crippen molar-refractivity contribution < 1.29 is 33.5 Å². The minimum atomic E-state index is -0.515. The molecule has 0 saturated heterocycles. The maximum Gasteiger partial charge on any atom is 0.259 e. The normalized spacial score (nSPS) is 12.9. The van der Waals surface area contributed by atoms with Gasteiger partial charge in [0.05, 0.1) is 22.3 Å². The Morgan fingerprint density at radius 2 is 0.915 bits per heavy atom. The Morgan fingerprint density at radius 1 is 0.553 bits per heavy atom. The van der Waals surface area contributed by atoms with Crippen LogP contribution in [0.25, 0.3) is 0 Å². The first-order valence-corrected chi connectivity index (χ1v) is 14.4. The lowest BCUT2D eigenvalue weighted by molar-refractivity contribution is 0.0863. The molecule has 6 rings (SSSR count). The van der Waals surface area contributed by atoms with Gasteiger partial charge in [0.2, 0.25) is 0 Å². The number of nitrogens with one attached hydrogen (secondary N) is 2. The van der Waals surface area contributed by atoms with Crippen molar-refractivity contribution in [3.63, 3.8) is 0 Å². The van der Waals surface area contributed by atoms with Crippen molar-refractivity contribution in [1.29, 1.82) is 0 Å². The molecule has 232 valence electrons. The Morgan fingerprint density at radius 3 is 1.28 bits per heavy atom. The molecule has 11 heteroatoms. The van der Waals surface area contributed by atoms with Crippen LogP contribution in [-0.2, 0) is 0 Å². The highest BCUT2D eigenvalue weighted by Gasteiger charge is 2.30. The zero-order valence-corrected chi connectivity index (χ0v) is 24.8. The molecule has 0 aromatic heterocycles. The summed E-state index contributed by atoms with van der Waals surface area (Å²) in [7, 11) is 0. The van der Waals surface area contributed by atoms with E-state index >= 15 is 0 Å². The second-order valence-electron chi connectivity index (χ2n) is 10.6. The molecule has 4 aromatic rings. The number of imide groups is 2. The average Bonchev–Trinajstić information content (AvgIpc) is 3.54. The predicted molar refractivity (Wildman–Crippen MR) is 173 cm³/mol. The summed E-state index contributed by atoms with van der Waals surface area (Å²) in [6.07, 6.45) is 3.12. The van der Waals surface area contributed by atoms with Crippen molar-refractivity contribution in [1.82, 2.24) is 10.6 Å². The van der Waals surface area contributed by atoms with Gasteiger partial charge in [0.25, 0.3) is 35.4 Å². The van der Waals surface area contributed by atoms with Crippen LogP contribution in [0.1, 0.15) is 62.1 Å². The number of ether oxygens (including phenoxy) is 1. The number of fused-ring (bicyclic) bond motifs is 2. The quantitative estimate of drug-likeness (QED) is 0.188.